The first-order valence-electron chi connectivity index (χ1n) is 16.3. The zero-order valence-electron chi connectivity index (χ0n) is 26.7. The van der Waals surface area contributed by atoms with Gasteiger partial charge in [-0.15, -0.1) is 0 Å². The number of nitriles is 3. The van der Waals surface area contributed by atoms with Crippen LogP contribution in [0.4, 0.5) is 0 Å². The average molecular weight is 636 g/mol. The molecule has 0 bridgehead atoms. The lowest BCUT2D eigenvalue weighted by Crippen LogP contribution is -1.98. The van der Waals surface area contributed by atoms with Crippen LogP contribution < -0.4 is 0 Å². The van der Waals surface area contributed by atoms with E-state index >= 15 is 0 Å². The summed E-state index contributed by atoms with van der Waals surface area (Å²) in [6.45, 7) is 0. The van der Waals surface area contributed by atoms with Crippen LogP contribution in [0.2, 0.25) is 0 Å². The summed E-state index contributed by atoms with van der Waals surface area (Å²) in [6, 6.07) is 57.9. The van der Waals surface area contributed by atoms with E-state index in [1.54, 1.807) is 0 Å². The first-order valence-corrected chi connectivity index (χ1v) is 16.3. The standard InChI is InChI=1S/C45H25N5/c46-26-29-14-21-44-39(23-29)37-9-3-6-12-43(37)50(44)41-10-4-1-7-35(41)32-17-15-31(16-18-32)33-19-22-40(34(25-33)28-48)49-42-11-5-2-8-36(42)38-20-13-30(27-47)24-45(38)49/h1-25H. The molecule has 0 radical (unpaired) electrons. The summed E-state index contributed by atoms with van der Waals surface area (Å²) < 4.78 is 4.37. The van der Waals surface area contributed by atoms with Gasteiger partial charge in [0.25, 0.3) is 0 Å². The summed E-state index contributed by atoms with van der Waals surface area (Å²) in [4.78, 5) is 0. The van der Waals surface area contributed by atoms with Crippen LogP contribution in [0, 0.1) is 34.0 Å². The van der Waals surface area contributed by atoms with Crippen LogP contribution in [0.25, 0.3) is 77.2 Å². The Balaban J connectivity index is 1.14. The van der Waals surface area contributed by atoms with Crippen LogP contribution >= 0.6 is 0 Å². The van der Waals surface area contributed by atoms with Crippen LogP contribution in [-0.2, 0) is 0 Å². The van der Waals surface area contributed by atoms with Crippen molar-refractivity contribution >= 4 is 43.6 Å². The van der Waals surface area contributed by atoms with E-state index in [4.69, 9.17) is 0 Å². The molecule has 9 rings (SSSR count). The number of para-hydroxylation sites is 3. The number of nitrogens with zero attached hydrogens (tertiary/aromatic N) is 5. The van der Waals surface area contributed by atoms with E-state index < -0.39 is 0 Å². The second-order valence-electron chi connectivity index (χ2n) is 12.3. The number of benzene rings is 7. The Morgan fingerprint density at radius 2 is 0.920 bits per heavy atom. The van der Waals surface area contributed by atoms with Gasteiger partial charge in [0.15, 0.2) is 0 Å². The van der Waals surface area contributed by atoms with Gasteiger partial charge < -0.3 is 9.13 Å². The van der Waals surface area contributed by atoms with Gasteiger partial charge in [-0.25, -0.2) is 0 Å². The molecule has 5 heteroatoms. The maximum Gasteiger partial charge on any atom is 0.101 e. The zero-order valence-corrected chi connectivity index (χ0v) is 26.7. The Morgan fingerprint density at radius 3 is 1.66 bits per heavy atom. The SMILES string of the molecule is N#Cc1ccc2c(c1)c1ccccc1n2-c1ccccc1-c1ccc(-c2ccc(-n3c4ccccc4c4ccc(C#N)cc43)c(C#N)c2)cc1. The number of hydrogen-bond acceptors (Lipinski definition) is 3. The Bertz CT molecular complexity index is 2960. The summed E-state index contributed by atoms with van der Waals surface area (Å²) >= 11 is 0. The van der Waals surface area contributed by atoms with Gasteiger partial charge in [-0.2, -0.15) is 15.8 Å². The van der Waals surface area contributed by atoms with Crippen LogP contribution in [-0.4, -0.2) is 9.13 Å². The molecule has 2 heterocycles. The van der Waals surface area contributed by atoms with E-state index in [2.05, 4.69) is 106 Å². The van der Waals surface area contributed by atoms with Crippen LogP contribution in [0.3, 0.4) is 0 Å². The van der Waals surface area contributed by atoms with E-state index in [-0.39, 0.29) is 0 Å². The molecule has 2 aromatic heterocycles. The van der Waals surface area contributed by atoms with Crippen molar-refractivity contribution in [3.63, 3.8) is 0 Å². The van der Waals surface area contributed by atoms with Crippen molar-refractivity contribution in [1.29, 1.82) is 15.8 Å². The third-order valence-corrected chi connectivity index (χ3v) is 9.64. The molecule has 0 aliphatic carbocycles. The molecule has 9 aromatic rings. The van der Waals surface area contributed by atoms with E-state index in [1.165, 1.54) is 0 Å². The van der Waals surface area contributed by atoms with E-state index in [1.807, 2.05) is 72.8 Å². The lowest BCUT2D eigenvalue weighted by molar-refractivity contribution is 1.17. The first-order chi connectivity index (χ1) is 24.7. The summed E-state index contributed by atoms with van der Waals surface area (Å²) in [5, 5.41) is 33.9. The van der Waals surface area contributed by atoms with Crippen molar-refractivity contribution in [2.45, 2.75) is 0 Å². The number of hydrogen-bond donors (Lipinski definition) is 0. The molecule has 0 N–H and O–H groups in total. The van der Waals surface area contributed by atoms with Gasteiger partial charge in [0.05, 0.1) is 62.3 Å². The molecule has 0 amide bonds. The van der Waals surface area contributed by atoms with Crippen LogP contribution in [0.15, 0.2) is 152 Å². The minimum absolute atomic E-state index is 0.549. The fourth-order valence-electron chi connectivity index (χ4n) is 7.36. The Morgan fingerprint density at radius 1 is 0.360 bits per heavy atom. The molecule has 230 valence electrons. The highest BCUT2D eigenvalue weighted by molar-refractivity contribution is 6.11. The fraction of sp³-hybridized carbons (Fsp3) is 0. The molecule has 5 nitrogen and oxygen atoms in total. The molecule has 0 spiro atoms. The van der Waals surface area contributed by atoms with Gasteiger partial charge in [-0.3, -0.25) is 0 Å². The van der Waals surface area contributed by atoms with Crippen molar-refractivity contribution in [3.8, 4) is 51.8 Å². The lowest BCUT2D eigenvalue weighted by atomic mass is 9.97. The molecule has 0 atom stereocenters. The Labute approximate surface area is 287 Å². The summed E-state index contributed by atoms with van der Waals surface area (Å²) in [5.41, 5.74) is 11.7. The minimum atomic E-state index is 0.549. The summed E-state index contributed by atoms with van der Waals surface area (Å²) in [6.07, 6.45) is 0. The summed E-state index contributed by atoms with van der Waals surface area (Å²) in [7, 11) is 0. The third-order valence-electron chi connectivity index (χ3n) is 9.64. The molecule has 0 saturated heterocycles. The third kappa shape index (κ3) is 4.38. The number of rotatable bonds is 4. The molecule has 0 aliphatic rings. The predicted octanol–water partition coefficient (Wildman–Crippen LogP) is 10.8. The highest BCUT2D eigenvalue weighted by atomic mass is 15.0. The first kappa shape index (κ1) is 28.8. The second kappa shape index (κ2) is 11.4. The van der Waals surface area contributed by atoms with Gasteiger partial charge in [0, 0.05) is 27.1 Å². The Kier molecular flexibility index (Phi) is 6.56. The van der Waals surface area contributed by atoms with Crippen molar-refractivity contribution in [1.82, 2.24) is 9.13 Å². The Hall–Kier alpha value is -7.39. The normalized spacial score (nSPS) is 11.1. The van der Waals surface area contributed by atoms with Crippen molar-refractivity contribution in [3.05, 3.63) is 168 Å². The topological polar surface area (TPSA) is 81.2 Å². The second-order valence-corrected chi connectivity index (χ2v) is 12.3. The smallest absolute Gasteiger partial charge is 0.101 e. The van der Waals surface area contributed by atoms with Gasteiger partial charge >= 0.3 is 0 Å². The minimum Gasteiger partial charge on any atom is -0.309 e. The molecule has 7 aromatic carbocycles. The van der Waals surface area contributed by atoms with Gasteiger partial charge in [-0.1, -0.05) is 91.0 Å². The molecular formula is C45H25N5. The lowest BCUT2D eigenvalue weighted by Gasteiger charge is -2.15. The molecule has 0 fully saturated rings. The fourth-order valence-corrected chi connectivity index (χ4v) is 7.36. The highest BCUT2D eigenvalue weighted by Gasteiger charge is 2.18. The molecule has 0 aliphatic heterocycles. The maximum absolute atomic E-state index is 10.4. The van der Waals surface area contributed by atoms with Crippen LogP contribution in [0.5, 0.6) is 0 Å². The van der Waals surface area contributed by atoms with Gasteiger partial charge in [0.2, 0.25) is 0 Å². The van der Waals surface area contributed by atoms with E-state index in [0.29, 0.717) is 16.7 Å². The number of fused-ring (bicyclic) bond motifs is 6. The van der Waals surface area contributed by atoms with Crippen LogP contribution in [0.1, 0.15) is 16.7 Å². The van der Waals surface area contributed by atoms with Crippen molar-refractivity contribution in [2.75, 3.05) is 0 Å². The maximum atomic E-state index is 10.4. The quantitative estimate of drug-likeness (QED) is 0.193. The van der Waals surface area contributed by atoms with Gasteiger partial charge in [0.1, 0.15) is 6.07 Å². The van der Waals surface area contributed by atoms with E-state index in [9.17, 15) is 15.8 Å². The number of aromatic nitrogens is 2. The summed E-state index contributed by atoms with van der Waals surface area (Å²) in [5.74, 6) is 0. The monoisotopic (exact) mass is 635 g/mol. The van der Waals surface area contributed by atoms with E-state index in [0.717, 1.165) is 77.2 Å². The molecule has 0 unspecified atom stereocenters. The van der Waals surface area contributed by atoms with Crippen molar-refractivity contribution < 1.29 is 0 Å². The molecule has 0 saturated carbocycles. The highest BCUT2D eigenvalue weighted by Crippen LogP contribution is 2.38. The van der Waals surface area contributed by atoms with Gasteiger partial charge in [-0.05, 0) is 77.4 Å². The molecular weight excluding hydrogens is 611 g/mol. The average Bonchev–Trinajstić information content (AvgIpc) is 3.69. The molecule has 50 heavy (non-hydrogen) atoms. The largest absolute Gasteiger partial charge is 0.309 e. The van der Waals surface area contributed by atoms with Crippen molar-refractivity contribution in [2.24, 2.45) is 0 Å². The zero-order chi connectivity index (χ0) is 33.8. The predicted molar refractivity (Wildman–Crippen MR) is 200 cm³/mol.